The molecule has 11 heteroatoms. The highest BCUT2D eigenvalue weighted by Gasteiger charge is 2.33. The molecule has 3 rings (SSSR count). The first-order chi connectivity index (χ1) is 20.1. The molecule has 0 saturated heterocycles. The van der Waals surface area contributed by atoms with Crippen molar-refractivity contribution in [3.8, 4) is 11.5 Å². The molecule has 1 N–H and O–H groups in total. The highest BCUT2D eigenvalue weighted by Crippen LogP contribution is 2.27. The Bertz CT molecular complexity index is 1410. The Morgan fingerprint density at radius 3 is 2.07 bits per heavy atom. The van der Waals surface area contributed by atoms with E-state index < -0.39 is 34.3 Å². The number of anilines is 1. The maximum Gasteiger partial charge on any atom is 0.264 e. The maximum absolute atomic E-state index is 14.1. The van der Waals surface area contributed by atoms with Crippen LogP contribution in [0.5, 0.6) is 11.5 Å². The number of sulfonamides is 1. The van der Waals surface area contributed by atoms with Gasteiger partial charge in [-0.05, 0) is 86.0 Å². The number of benzene rings is 3. The highest BCUT2D eigenvalue weighted by molar-refractivity contribution is 7.92. The van der Waals surface area contributed by atoms with Crippen molar-refractivity contribution in [3.63, 3.8) is 0 Å². The van der Waals surface area contributed by atoms with E-state index in [9.17, 15) is 22.4 Å². The molecule has 0 radical (unpaired) electrons. The molecule has 9 nitrogen and oxygen atoms in total. The minimum atomic E-state index is -4.31. The first kappa shape index (κ1) is 32.4. The summed E-state index contributed by atoms with van der Waals surface area (Å²) >= 11 is 0. The lowest BCUT2D eigenvalue weighted by molar-refractivity contribution is -0.140. The van der Waals surface area contributed by atoms with Crippen molar-refractivity contribution in [1.29, 1.82) is 0 Å². The van der Waals surface area contributed by atoms with Gasteiger partial charge >= 0.3 is 0 Å². The fourth-order valence-corrected chi connectivity index (χ4v) is 5.77. The summed E-state index contributed by atoms with van der Waals surface area (Å²) in [5.41, 5.74) is 0.948. The minimum absolute atomic E-state index is 0.0641. The second-order valence-corrected chi connectivity index (χ2v) is 11.3. The number of amides is 2. The second-order valence-electron chi connectivity index (χ2n) is 9.48. The van der Waals surface area contributed by atoms with Crippen molar-refractivity contribution in [2.24, 2.45) is 0 Å². The molecule has 1 atom stereocenters. The van der Waals surface area contributed by atoms with Gasteiger partial charge in [-0.15, -0.1) is 0 Å². The zero-order valence-electron chi connectivity index (χ0n) is 24.4. The molecule has 3 aromatic rings. The largest absolute Gasteiger partial charge is 0.497 e. The Morgan fingerprint density at radius 2 is 1.52 bits per heavy atom. The molecule has 42 heavy (non-hydrogen) atoms. The third kappa shape index (κ3) is 8.22. The van der Waals surface area contributed by atoms with Gasteiger partial charge < -0.3 is 19.7 Å². The lowest BCUT2D eigenvalue weighted by atomic mass is 10.1. The first-order valence-corrected chi connectivity index (χ1v) is 15.3. The van der Waals surface area contributed by atoms with Crippen LogP contribution in [0.2, 0.25) is 0 Å². The lowest BCUT2D eigenvalue weighted by Gasteiger charge is -2.33. The van der Waals surface area contributed by atoms with E-state index in [4.69, 9.17) is 9.47 Å². The number of carbonyl (C=O) groups is 2. The monoisotopic (exact) mass is 599 g/mol. The molecule has 0 aliphatic rings. The molecule has 0 bridgehead atoms. The fourth-order valence-electron chi connectivity index (χ4n) is 4.35. The second kappa shape index (κ2) is 15.2. The molecule has 0 aromatic heterocycles. The van der Waals surface area contributed by atoms with Crippen LogP contribution in [0.25, 0.3) is 0 Å². The molecule has 226 valence electrons. The molecule has 3 aromatic carbocycles. The predicted octanol–water partition coefficient (Wildman–Crippen LogP) is 4.76. The van der Waals surface area contributed by atoms with Gasteiger partial charge in [0.2, 0.25) is 11.8 Å². The van der Waals surface area contributed by atoms with E-state index >= 15 is 0 Å². The summed E-state index contributed by atoms with van der Waals surface area (Å²) in [5.74, 6) is -0.325. The number of rotatable bonds is 15. The summed E-state index contributed by atoms with van der Waals surface area (Å²) in [6.45, 7) is 5.89. The summed E-state index contributed by atoms with van der Waals surface area (Å²) in [6, 6.07) is 16.9. The number of nitrogens with one attached hydrogen (secondary N) is 1. The van der Waals surface area contributed by atoms with Gasteiger partial charge in [-0.3, -0.25) is 13.9 Å². The maximum atomic E-state index is 14.1. The number of hydrogen-bond acceptors (Lipinski definition) is 6. The fraction of sp³-hybridized carbons (Fsp3) is 0.355. The van der Waals surface area contributed by atoms with E-state index in [2.05, 4.69) is 5.32 Å². The number of methoxy groups -OCH3 is 1. The quantitative estimate of drug-likeness (QED) is 0.270. The van der Waals surface area contributed by atoms with Crippen LogP contribution in [0, 0.1) is 5.82 Å². The van der Waals surface area contributed by atoms with Crippen LogP contribution in [0.15, 0.2) is 77.7 Å². The van der Waals surface area contributed by atoms with E-state index in [1.54, 1.807) is 62.6 Å². The Balaban J connectivity index is 2.04. The van der Waals surface area contributed by atoms with Crippen molar-refractivity contribution >= 4 is 27.5 Å². The predicted molar refractivity (Wildman–Crippen MR) is 159 cm³/mol. The smallest absolute Gasteiger partial charge is 0.264 e. The molecule has 0 saturated carbocycles. The van der Waals surface area contributed by atoms with Crippen molar-refractivity contribution < 1.29 is 31.9 Å². The lowest BCUT2D eigenvalue weighted by Crippen LogP contribution is -2.52. The van der Waals surface area contributed by atoms with Crippen LogP contribution in [0.4, 0.5) is 10.1 Å². The van der Waals surface area contributed by atoms with E-state index in [1.165, 1.54) is 4.90 Å². The van der Waals surface area contributed by atoms with Crippen molar-refractivity contribution in [2.75, 3.05) is 31.1 Å². The van der Waals surface area contributed by atoms with Crippen LogP contribution in [0.3, 0.4) is 0 Å². The van der Waals surface area contributed by atoms with Crippen molar-refractivity contribution in [2.45, 2.75) is 51.1 Å². The molecule has 0 aliphatic carbocycles. The average molecular weight is 600 g/mol. The first-order valence-electron chi connectivity index (χ1n) is 13.9. The summed E-state index contributed by atoms with van der Waals surface area (Å²) < 4.78 is 53.1. The number of ether oxygens (including phenoxy) is 2. The van der Waals surface area contributed by atoms with E-state index in [0.29, 0.717) is 31.1 Å². The molecule has 0 fully saturated rings. The normalized spacial score (nSPS) is 11.8. The van der Waals surface area contributed by atoms with Crippen molar-refractivity contribution in [3.05, 3.63) is 84.2 Å². The van der Waals surface area contributed by atoms with Crippen molar-refractivity contribution in [1.82, 2.24) is 10.2 Å². The van der Waals surface area contributed by atoms with E-state index in [1.807, 2.05) is 13.8 Å². The third-order valence-corrected chi connectivity index (χ3v) is 8.35. The van der Waals surface area contributed by atoms with Crippen LogP contribution in [0.1, 0.15) is 39.2 Å². The Labute approximate surface area is 247 Å². The molecular formula is C31H38FN3O6S. The molecule has 0 spiro atoms. The SMILES string of the molecule is CCCNC(=O)[C@@H](CC)N(Cc1ccc(OC)cc1)C(=O)CN(c1ccc(OCC)cc1)S(=O)(=O)c1ccc(F)cc1. The van der Waals surface area contributed by atoms with Crippen LogP contribution >= 0.6 is 0 Å². The standard InChI is InChI=1S/C31H38FN3O6S/c1-5-20-33-31(37)29(6-2)34(21-23-8-14-26(40-4)15-9-23)30(36)22-35(25-12-16-27(17-13-25)41-7-3)42(38,39)28-18-10-24(32)11-19-28/h8-19,29H,5-7,20-22H2,1-4H3,(H,33,37)/t29-/m1/s1. The topological polar surface area (TPSA) is 105 Å². The zero-order valence-corrected chi connectivity index (χ0v) is 25.2. The Hall–Kier alpha value is -4.12. The minimum Gasteiger partial charge on any atom is -0.497 e. The Kier molecular flexibility index (Phi) is 11.7. The molecule has 0 heterocycles. The van der Waals surface area contributed by atoms with Gasteiger partial charge in [0.25, 0.3) is 10.0 Å². The number of carbonyl (C=O) groups excluding carboxylic acids is 2. The van der Waals surface area contributed by atoms with Gasteiger partial charge in [0.15, 0.2) is 0 Å². The van der Waals surface area contributed by atoms with Crippen LogP contribution < -0.4 is 19.1 Å². The molecule has 2 amide bonds. The summed E-state index contributed by atoms with van der Waals surface area (Å²) in [4.78, 5) is 28.5. The average Bonchev–Trinajstić information content (AvgIpc) is 2.99. The van der Waals surface area contributed by atoms with Gasteiger partial charge in [-0.1, -0.05) is 26.0 Å². The van der Waals surface area contributed by atoms with Gasteiger partial charge in [-0.25, -0.2) is 12.8 Å². The number of nitrogens with zero attached hydrogens (tertiary/aromatic N) is 2. The molecule has 0 aliphatic heterocycles. The Morgan fingerprint density at radius 1 is 0.905 bits per heavy atom. The van der Waals surface area contributed by atoms with E-state index in [0.717, 1.165) is 40.6 Å². The summed E-state index contributed by atoms with van der Waals surface area (Å²) in [7, 11) is -2.76. The number of hydrogen-bond donors (Lipinski definition) is 1. The van der Waals surface area contributed by atoms with Gasteiger partial charge in [0.1, 0.15) is 29.9 Å². The molecule has 0 unspecified atom stereocenters. The van der Waals surface area contributed by atoms with Crippen LogP contribution in [-0.2, 0) is 26.2 Å². The highest BCUT2D eigenvalue weighted by atomic mass is 32.2. The zero-order chi connectivity index (χ0) is 30.7. The number of halogens is 1. The van der Waals surface area contributed by atoms with Gasteiger partial charge in [0, 0.05) is 13.1 Å². The summed E-state index contributed by atoms with van der Waals surface area (Å²) in [6.07, 6.45) is 1.03. The summed E-state index contributed by atoms with van der Waals surface area (Å²) in [5, 5.41) is 2.85. The van der Waals surface area contributed by atoms with E-state index in [-0.39, 0.29) is 23.0 Å². The van der Waals surface area contributed by atoms with Gasteiger partial charge in [0.05, 0.1) is 24.3 Å². The van der Waals surface area contributed by atoms with Gasteiger partial charge in [-0.2, -0.15) is 0 Å². The van der Waals surface area contributed by atoms with Crippen LogP contribution in [-0.4, -0.2) is 58.0 Å². The third-order valence-electron chi connectivity index (χ3n) is 6.56. The molecular weight excluding hydrogens is 561 g/mol.